The van der Waals surface area contributed by atoms with Crippen LogP contribution in [-0.4, -0.2) is 17.8 Å². The molecule has 1 unspecified atom stereocenters. The van der Waals surface area contributed by atoms with E-state index in [2.05, 4.69) is 40.3 Å². The van der Waals surface area contributed by atoms with E-state index >= 15 is 0 Å². The summed E-state index contributed by atoms with van der Waals surface area (Å²) in [7, 11) is 0. The summed E-state index contributed by atoms with van der Waals surface area (Å²) in [6.07, 6.45) is 0.540. The van der Waals surface area contributed by atoms with Crippen molar-refractivity contribution in [3.8, 4) is 0 Å². The van der Waals surface area contributed by atoms with Gasteiger partial charge in [0.15, 0.2) is 0 Å². The van der Waals surface area contributed by atoms with Crippen LogP contribution >= 0.6 is 15.9 Å². The van der Waals surface area contributed by atoms with Crippen molar-refractivity contribution >= 4 is 15.9 Å². The lowest BCUT2D eigenvalue weighted by Crippen LogP contribution is -2.28. The fraction of sp³-hybridized carbons (Fsp3) is 0.500. The van der Waals surface area contributed by atoms with Crippen molar-refractivity contribution in [1.82, 2.24) is 5.32 Å². The Balaban J connectivity index is 2.50. The topological polar surface area (TPSA) is 32.3 Å². The third-order valence-corrected chi connectivity index (χ3v) is 2.97. The van der Waals surface area contributed by atoms with E-state index in [0.717, 1.165) is 10.9 Å². The van der Waals surface area contributed by atoms with E-state index in [-0.39, 0.29) is 12.1 Å². The zero-order valence-corrected chi connectivity index (χ0v) is 10.8. The number of aliphatic hydroxyl groups is 1. The van der Waals surface area contributed by atoms with E-state index in [0.29, 0.717) is 6.54 Å². The van der Waals surface area contributed by atoms with Gasteiger partial charge in [0.25, 0.3) is 0 Å². The molecule has 0 fully saturated rings. The summed E-state index contributed by atoms with van der Waals surface area (Å²) >= 11 is 3.45. The molecule has 2 nitrogen and oxygen atoms in total. The fourth-order valence-electron chi connectivity index (χ4n) is 1.35. The van der Waals surface area contributed by atoms with Crippen molar-refractivity contribution in [3.05, 3.63) is 34.3 Å². The second-order valence-corrected chi connectivity index (χ2v) is 4.66. The second kappa shape index (κ2) is 6.26. The van der Waals surface area contributed by atoms with Gasteiger partial charge in [-0.2, -0.15) is 0 Å². The minimum atomic E-state index is -0.250. The van der Waals surface area contributed by atoms with Crippen LogP contribution in [0.15, 0.2) is 28.7 Å². The number of halogens is 1. The van der Waals surface area contributed by atoms with Gasteiger partial charge in [0.05, 0.1) is 6.10 Å². The first kappa shape index (κ1) is 12.7. The molecule has 0 amide bonds. The van der Waals surface area contributed by atoms with Crippen molar-refractivity contribution in [2.45, 2.75) is 32.4 Å². The van der Waals surface area contributed by atoms with E-state index < -0.39 is 0 Å². The number of aliphatic hydroxyl groups excluding tert-OH is 1. The smallest absolute Gasteiger partial charge is 0.0662 e. The molecule has 0 radical (unpaired) electrons. The molecule has 0 aromatic heterocycles. The van der Waals surface area contributed by atoms with Crippen LogP contribution in [0.4, 0.5) is 0 Å². The van der Waals surface area contributed by atoms with Crippen LogP contribution in [0.25, 0.3) is 0 Å². The van der Waals surface area contributed by atoms with Crippen LogP contribution in [0, 0.1) is 0 Å². The molecule has 84 valence electrons. The van der Waals surface area contributed by atoms with E-state index in [1.807, 2.05) is 19.1 Å². The number of rotatable bonds is 5. The van der Waals surface area contributed by atoms with Crippen LogP contribution in [0.5, 0.6) is 0 Å². The van der Waals surface area contributed by atoms with E-state index in [1.165, 1.54) is 5.56 Å². The third-order valence-electron chi connectivity index (χ3n) is 2.48. The van der Waals surface area contributed by atoms with Crippen LogP contribution in [0.3, 0.4) is 0 Å². The molecule has 3 heteroatoms. The number of hydrogen-bond acceptors (Lipinski definition) is 2. The van der Waals surface area contributed by atoms with E-state index in [1.54, 1.807) is 0 Å². The molecule has 0 saturated carbocycles. The highest BCUT2D eigenvalue weighted by molar-refractivity contribution is 9.10. The fourth-order valence-corrected chi connectivity index (χ4v) is 1.77. The van der Waals surface area contributed by atoms with Crippen molar-refractivity contribution in [3.63, 3.8) is 0 Å². The Labute approximate surface area is 99.8 Å². The molecule has 15 heavy (non-hydrogen) atoms. The van der Waals surface area contributed by atoms with Crippen molar-refractivity contribution in [2.75, 3.05) is 6.54 Å². The monoisotopic (exact) mass is 271 g/mol. The van der Waals surface area contributed by atoms with Gasteiger partial charge < -0.3 is 10.4 Å². The first-order valence-electron chi connectivity index (χ1n) is 5.30. The Kier molecular flexibility index (Phi) is 5.29. The Morgan fingerprint density at radius 3 is 2.80 bits per heavy atom. The molecular formula is C12H18BrNO. The average molecular weight is 272 g/mol. The molecule has 1 aromatic carbocycles. The molecule has 0 aliphatic carbocycles. The predicted molar refractivity (Wildman–Crippen MR) is 66.9 cm³/mol. The molecule has 0 spiro atoms. The molecule has 1 rings (SSSR count). The SMILES string of the molecule is CCC(O)CN[C@@H](C)c1cccc(Br)c1. The first-order valence-corrected chi connectivity index (χ1v) is 6.09. The lowest BCUT2D eigenvalue weighted by atomic mass is 10.1. The maximum atomic E-state index is 9.44. The number of nitrogens with one attached hydrogen (secondary N) is 1. The molecule has 0 saturated heterocycles. The average Bonchev–Trinajstić information content (AvgIpc) is 2.25. The van der Waals surface area contributed by atoms with Crippen LogP contribution in [0.2, 0.25) is 0 Å². The van der Waals surface area contributed by atoms with E-state index in [9.17, 15) is 5.11 Å². The van der Waals surface area contributed by atoms with Gasteiger partial charge >= 0.3 is 0 Å². The molecule has 0 aliphatic rings. The molecular weight excluding hydrogens is 254 g/mol. The summed E-state index contributed by atoms with van der Waals surface area (Å²) in [6, 6.07) is 8.48. The molecule has 2 atom stereocenters. The predicted octanol–water partition coefficient (Wildman–Crippen LogP) is 2.87. The lowest BCUT2D eigenvalue weighted by molar-refractivity contribution is 0.164. The van der Waals surface area contributed by atoms with Crippen LogP contribution in [0.1, 0.15) is 31.9 Å². The van der Waals surface area contributed by atoms with Gasteiger partial charge in [0, 0.05) is 17.1 Å². The van der Waals surface area contributed by atoms with Gasteiger partial charge in [-0.05, 0) is 31.0 Å². The Morgan fingerprint density at radius 1 is 1.47 bits per heavy atom. The normalized spacial score (nSPS) is 14.9. The Morgan fingerprint density at radius 2 is 2.20 bits per heavy atom. The van der Waals surface area contributed by atoms with Crippen molar-refractivity contribution in [1.29, 1.82) is 0 Å². The number of hydrogen-bond donors (Lipinski definition) is 2. The summed E-state index contributed by atoms with van der Waals surface area (Å²) < 4.78 is 1.09. The Hall–Kier alpha value is -0.380. The van der Waals surface area contributed by atoms with Crippen molar-refractivity contribution < 1.29 is 5.11 Å². The zero-order chi connectivity index (χ0) is 11.3. The quantitative estimate of drug-likeness (QED) is 0.863. The van der Waals surface area contributed by atoms with Gasteiger partial charge in [-0.3, -0.25) is 0 Å². The molecule has 1 aromatic rings. The Bertz CT molecular complexity index is 303. The summed E-state index contributed by atoms with van der Waals surface area (Å²) in [5.74, 6) is 0. The largest absolute Gasteiger partial charge is 0.392 e. The van der Waals surface area contributed by atoms with Gasteiger partial charge in [0.1, 0.15) is 0 Å². The lowest BCUT2D eigenvalue weighted by Gasteiger charge is -2.16. The maximum absolute atomic E-state index is 9.44. The summed E-state index contributed by atoms with van der Waals surface area (Å²) in [6.45, 7) is 4.73. The summed E-state index contributed by atoms with van der Waals surface area (Å²) in [4.78, 5) is 0. The van der Waals surface area contributed by atoms with Gasteiger partial charge in [0.2, 0.25) is 0 Å². The van der Waals surface area contributed by atoms with E-state index in [4.69, 9.17) is 0 Å². The van der Waals surface area contributed by atoms with Gasteiger partial charge in [-0.1, -0.05) is 35.0 Å². The standard InChI is InChI=1S/C12H18BrNO/c1-3-12(15)8-14-9(2)10-5-4-6-11(13)7-10/h4-7,9,12,14-15H,3,8H2,1-2H3/t9-,12?/m0/s1. The zero-order valence-electron chi connectivity index (χ0n) is 9.20. The first-order chi connectivity index (χ1) is 7.13. The number of benzene rings is 1. The summed E-state index contributed by atoms with van der Waals surface area (Å²) in [5, 5.41) is 12.7. The highest BCUT2D eigenvalue weighted by atomic mass is 79.9. The van der Waals surface area contributed by atoms with Crippen LogP contribution in [-0.2, 0) is 0 Å². The highest BCUT2D eigenvalue weighted by Crippen LogP contribution is 2.17. The second-order valence-electron chi connectivity index (χ2n) is 3.75. The summed E-state index contributed by atoms with van der Waals surface area (Å²) in [5.41, 5.74) is 1.23. The third kappa shape index (κ3) is 4.33. The molecule has 0 heterocycles. The minimum absolute atomic E-state index is 0.250. The molecule has 0 bridgehead atoms. The maximum Gasteiger partial charge on any atom is 0.0662 e. The van der Waals surface area contributed by atoms with Crippen LogP contribution < -0.4 is 5.32 Å². The van der Waals surface area contributed by atoms with Gasteiger partial charge in [-0.15, -0.1) is 0 Å². The minimum Gasteiger partial charge on any atom is -0.392 e. The van der Waals surface area contributed by atoms with Gasteiger partial charge in [-0.25, -0.2) is 0 Å². The van der Waals surface area contributed by atoms with Crippen molar-refractivity contribution in [2.24, 2.45) is 0 Å². The highest BCUT2D eigenvalue weighted by Gasteiger charge is 2.07. The molecule has 0 aliphatic heterocycles. The molecule has 2 N–H and O–H groups in total.